The predicted octanol–water partition coefficient (Wildman–Crippen LogP) is 4.09. The van der Waals surface area contributed by atoms with Crippen molar-refractivity contribution in [2.24, 2.45) is 0 Å². The van der Waals surface area contributed by atoms with Gasteiger partial charge in [0.25, 0.3) is 0 Å². The van der Waals surface area contributed by atoms with E-state index in [0.717, 1.165) is 5.56 Å². The van der Waals surface area contributed by atoms with Gasteiger partial charge in [-0.25, -0.2) is 4.39 Å². The second kappa shape index (κ2) is 7.70. The summed E-state index contributed by atoms with van der Waals surface area (Å²) < 4.78 is 18.6. The normalized spacial score (nSPS) is 12.1. The molecule has 1 heterocycles. The van der Waals surface area contributed by atoms with E-state index in [1.807, 2.05) is 0 Å². The highest BCUT2D eigenvalue weighted by Crippen LogP contribution is 2.15. The van der Waals surface area contributed by atoms with Gasteiger partial charge in [0.05, 0.1) is 23.8 Å². The van der Waals surface area contributed by atoms with Gasteiger partial charge in [0.2, 0.25) is 5.91 Å². The number of fused-ring (bicyclic) bond motifs is 1. The van der Waals surface area contributed by atoms with E-state index in [-0.39, 0.29) is 30.2 Å². The molecule has 2 aromatic carbocycles. The van der Waals surface area contributed by atoms with Crippen LogP contribution in [0.5, 0.6) is 0 Å². The number of hydrogen-bond donors (Lipinski definition) is 0. The third-order valence-corrected chi connectivity index (χ3v) is 4.24. The van der Waals surface area contributed by atoms with E-state index < -0.39 is 5.38 Å². The van der Waals surface area contributed by atoms with Gasteiger partial charge >= 0.3 is 0 Å². The first-order valence-electron chi connectivity index (χ1n) is 8.12. The molecule has 134 valence electrons. The maximum absolute atomic E-state index is 13.1. The third-order valence-electron chi connectivity index (χ3n) is 4.05. The van der Waals surface area contributed by atoms with Crippen LogP contribution in [0.25, 0.3) is 11.0 Å². The molecule has 3 rings (SSSR count). The van der Waals surface area contributed by atoms with Crippen LogP contribution in [-0.2, 0) is 17.9 Å². The molecule has 1 aromatic heterocycles. The molecule has 0 radical (unpaired) electrons. The first-order chi connectivity index (χ1) is 12.5. The molecule has 0 saturated carbocycles. The Morgan fingerprint density at radius 1 is 1.15 bits per heavy atom. The molecule has 0 aliphatic rings. The minimum Gasteiger partial charge on any atom is -0.464 e. The van der Waals surface area contributed by atoms with Crippen LogP contribution in [0.4, 0.5) is 4.39 Å². The molecular weight excluding hydrogens is 357 g/mol. The first-order valence-corrected chi connectivity index (χ1v) is 8.56. The Kier molecular flexibility index (Phi) is 5.38. The van der Waals surface area contributed by atoms with Gasteiger partial charge in [0.1, 0.15) is 16.8 Å². The van der Waals surface area contributed by atoms with E-state index in [2.05, 4.69) is 0 Å². The number of carbonyl (C=O) groups is 1. The molecule has 0 spiro atoms. The fourth-order valence-electron chi connectivity index (χ4n) is 2.71. The smallest absolute Gasteiger partial charge is 0.240 e. The van der Waals surface area contributed by atoms with Crippen molar-refractivity contribution in [2.45, 2.75) is 25.4 Å². The second-order valence-corrected chi connectivity index (χ2v) is 6.68. The molecule has 4 nitrogen and oxygen atoms in total. The molecule has 26 heavy (non-hydrogen) atoms. The van der Waals surface area contributed by atoms with E-state index in [4.69, 9.17) is 16.0 Å². The lowest BCUT2D eigenvalue weighted by atomic mass is 10.1. The minimum atomic E-state index is -0.747. The van der Waals surface area contributed by atoms with Crippen molar-refractivity contribution in [1.82, 2.24) is 4.90 Å². The highest BCUT2D eigenvalue weighted by Gasteiger charge is 2.21. The number of hydrogen-bond acceptors (Lipinski definition) is 3. The summed E-state index contributed by atoms with van der Waals surface area (Å²) in [5.74, 6) is -0.670. The standard InChI is InChI=1S/C20H17ClFNO3/c1-13(21)20(25)23(10-14-6-8-16(22)9-7-14)11-15-12-26-18-5-3-2-4-17(18)19(15)24/h2-9,12-13H,10-11H2,1H3/t13-/m0/s1. The molecular formula is C20H17ClFNO3. The van der Waals surface area contributed by atoms with E-state index >= 15 is 0 Å². The Morgan fingerprint density at radius 2 is 1.85 bits per heavy atom. The number of rotatable bonds is 5. The summed E-state index contributed by atoms with van der Waals surface area (Å²) in [5, 5.41) is -0.291. The Labute approximate surface area is 154 Å². The van der Waals surface area contributed by atoms with Crippen LogP contribution < -0.4 is 5.43 Å². The van der Waals surface area contributed by atoms with Gasteiger partial charge in [-0.1, -0.05) is 24.3 Å². The number of benzene rings is 2. The number of carbonyl (C=O) groups excluding carboxylic acids is 1. The summed E-state index contributed by atoms with van der Waals surface area (Å²) in [7, 11) is 0. The number of alkyl halides is 1. The van der Waals surface area contributed by atoms with Gasteiger partial charge in [0, 0.05) is 6.54 Å². The van der Waals surface area contributed by atoms with Crippen LogP contribution in [0.15, 0.2) is 64.0 Å². The minimum absolute atomic E-state index is 0.0560. The van der Waals surface area contributed by atoms with Crippen LogP contribution in [0.3, 0.4) is 0 Å². The van der Waals surface area contributed by atoms with Crippen LogP contribution in [0.1, 0.15) is 18.1 Å². The molecule has 0 aliphatic heterocycles. The number of para-hydroxylation sites is 1. The quantitative estimate of drug-likeness (QED) is 0.633. The highest BCUT2D eigenvalue weighted by atomic mass is 35.5. The molecule has 0 saturated heterocycles. The number of amides is 1. The predicted molar refractivity (Wildman–Crippen MR) is 98.5 cm³/mol. The van der Waals surface area contributed by atoms with Crippen molar-refractivity contribution in [2.75, 3.05) is 0 Å². The molecule has 1 atom stereocenters. The van der Waals surface area contributed by atoms with E-state index in [0.29, 0.717) is 16.5 Å². The van der Waals surface area contributed by atoms with Gasteiger partial charge < -0.3 is 9.32 Å². The summed E-state index contributed by atoms with van der Waals surface area (Å²) in [6.07, 6.45) is 1.37. The lowest BCUT2D eigenvalue weighted by Gasteiger charge is -2.24. The van der Waals surface area contributed by atoms with E-state index in [1.165, 1.54) is 23.3 Å². The lowest BCUT2D eigenvalue weighted by Crippen LogP contribution is -2.36. The fraction of sp³-hybridized carbons (Fsp3) is 0.200. The zero-order valence-electron chi connectivity index (χ0n) is 14.1. The highest BCUT2D eigenvalue weighted by molar-refractivity contribution is 6.30. The monoisotopic (exact) mass is 373 g/mol. The second-order valence-electron chi connectivity index (χ2n) is 6.02. The molecule has 0 N–H and O–H groups in total. The average molecular weight is 374 g/mol. The van der Waals surface area contributed by atoms with Gasteiger partial charge in [0.15, 0.2) is 5.43 Å². The largest absolute Gasteiger partial charge is 0.464 e. The third kappa shape index (κ3) is 3.94. The average Bonchev–Trinajstić information content (AvgIpc) is 2.64. The van der Waals surface area contributed by atoms with Crippen molar-refractivity contribution in [1.29, 1.82) is 0 Å². The van der Waals surface area contributed by atoms with Crippen LogP contribution in [-0.4, -0.2) is 16.2 Å². The summed E-state index contributed by atoms with van der Waals surface area (Å²) in [6, 6.07) is 12.8. The first kappa shape index (κ1) is 18.1. The maximum atomic E-state index is 13.1. The molecule has 3 aromatic rings. The number of nitrogens with zero attached hydrogens (tertiary/aromatic N) is 1. The van der Waals surface area contributed by atoms with Crippen LogP contribution >= 0.6 is 11.6 Å². The van der Waals surface area contributed by atoms with Gasteiger partial charge in [-0.15, -0.1) is 11.6 Å². The van der Waals surface area contributed by atoms with E-state index in [9.17, 15) is 14.0 Å². The van der Waals surface area contributed by atoms with Crippen molar-refractivity contribution in [3.8, 4) is 0 Å². The Balaban J connectivity index is 1.92. The van der Waals surface area contributed by atoms with Gasteiger partial charge in [-0.05, 0) is 36.8 Å². The van der Waals surface area contributed by atoms with Gasteiger partial charge in [-0.3, -0.25) is 9.59 Å². The Hall–Kier alpha value is -2.66. The molecule has 0 fully saturated rings. The molecule has 0 unspecified atom stereocenters. The number of halogens is 2. The summed E-state index contributed by atoms with van der Waals surface area (Å²) >= 11 is 5.96. The van der Waals surface area contributed by atoms with Gasteiger partial charge in [-0.2, -0.15) is 0 Å². The SMILES string of the molecule is C[C@H](Cl)C(=O)N(Cc1ccc(F)cc1)Cc1coc2ccccc2c1=O. The van der Waals surface area contributed by atoms with Crippen molar-refractivity contribution < 1.29 is 13.6 Å². The van der Waals surface area contributed by atoms with E-state index in [1.54, 1.807) is 43.3 Å². The van der Waals surface area contributed by atoms with Crippen molar-refractivity contribution >= 4 is 28.5 Å². The molecule has 1 amide bonds. The Bertz CT molecular complexity index is 982. The Morgan fingerprint density at radius 3 is 2.54 bits per heavy atom. The fourth-order valence-corrected chi connectivity index (χ4v) is 2.84. The van der Waals surface area contributed by atoms with Crippen LogP contribution in [0.2, 0.25) is 0 Å². The van der Waals surface area contributed by atoms with Crippen LogP contribution in [0, 0.1) is 5.82 Å². The molecule has 0 aliphatic carbocycles. The summed E-state index contributed by atoms with van der Waals surface area (Å²) in [4.78, 5) is 26.6. The summed E-state index contributed by atoms with van der Waals surface area (Å²) in [5.41, 5.74) is 1.40. The molecule has 0 bridgehead atoms. The summed E-state index contributed by atoms with van der Waals surface area (Å²) in [6.45, 7) is 1.84. The topological polar surface area (TPSA) is 50.5 Å². The van der Waals surface area contributed by atoms with Crippen molar-refractivity contribution in [3.63, 3.8) is 0 Å². The van der Waals surface area contributed by atoms with Crippen molar-refractivity contribution in [3.05, 3.63) is 82.0 Å². The molecule has 6 heteroatoms. The maximum Gasteiger partial charge on any atom is 0.240 e. The zero-order chi connectivity index (χ0) is 18.7. The lowest BCUT2D eigenvalue weighted by molar-refractivity contribution is -0.131. The zero-order valence-corrected chi connectivity index (χ0v) is 14.9.